The number of carbonyl (C=O) groups excluding carboxylic acids is 1. The molecule has 5 aromatic rings. The highest BCUT2D eigenvalue weighted by molar-refractivity contribution is 8.31. The maximum Gasteiger partial charge on any atom is 0.264 e. The lowest BCUT2D eigenvalue weighted by Gasteiger charge is -2.50. The summed E-state index contributed by atoms with van der Waals surface area (Å²) in [5.74, 6) is -0.462. The monoisotopic (exact) mass is 696 g/mol. The maximum absolute atomic E-state index is 13.5. The van der Waals surface area contributed by atoms with Gasteiger partial charge in [-0.25, -0.2) is 18.1 Å². The summed E-state index contributed by atoms with van der Waals surface area (Å²) in [5.41, 5.74) is 3.44. The Labute approximate surface area is 289 Å². The Morgan fingerprint density at radius 1 is 0.837 bits per heavy atom. The summed E-state index contributed by atoms with van der Waals surface area (Å²) in [4.78, 5) is 24.5. The molecule has 49 heavy (non-hydrogen) atoms. The molecule has 0 saturated carbocycles. The molecule has 254 valence electrons. The number of ether oxygens (including phenoxy) is 1. The minimum Gasteiger partial charge on any atom is -0.470 e. The van der Waals surface area contributed by atoms with Crippen molar-refractivity contribution in [2.24, 2.45) is 0 Å². The number of anilines is 1. The van der Waals surface area contributed by atoms with E-state index < -0.39 is 32.3 Å². The van der Waals surface area contributed by atoms with Gasteiger partial charge in [0.25, 0.3) is 15.9 Å². The minimum atomic E-state index is -4.15. The van der Waals surface area contributed by atoms with Gasteiger partial charge in [-0.05, 0) is 88.2 Å². The van der Waals surface area contributed by atoms with Gasteiger partial charge in [-0.3, -0.25) is 4.79 Å². The highest BCUT2D eigenvalue weighted by Gasteiger charge is 2.42. The van der Waals surface area contributed by atoms with E-state index in [1.54, 1.807) is 12.1 Å². The molecule has 0 unspecified atom stereocenters. The van der Waals surface area contributed by atoms with Crippen molar-refractivity contribution in [3.05, 3.63) is 126 Å². The largest absolute Gasteiger partial charge is 0.470 e. The first-order valence-electron chi connectivity index (χ1n) is 16.0. The van der Waals surface area contributed by atoms with Crippen molar-refractivity contribution in [2.45, 2.75) is 60.2 Å². The molecule has 6 rings (SSSR count). The normalized spacial score (nSPS) is 16.5. The van der Waals surface area contributed by atoms with Crippen LogP contribution in [-0.4, -0.2) is 48.3 Å². The Balaban J connectivity index is 1.47. The van der Waals surface area contributed by atoms with Crippen molar-refractivity contribution < 1.29 is 22.1 Å². The summed E-state index contributed by atoms with van der Waals surface area (Å²) in [5, 5.41) is 2.94. The highest BCUT2D eigenvalue weighted by atomic mass is 32.3. The predicted octanol–water partition coefficient (Wildman–Crippen LogP) is 7.70. The van der Waals surface area contributed by atoms with E-state index >= 15 is 0 Å². The molecule has 1 aromatic heterocycles. The second kappa shape index (κ2) is 13.7. The van der Waals surface area contributed by atoms with Gasteiger partial charge in [0.15, 0.2) is 0 Å². The van der Waals surface area contributed by atoms with Gasteiger partial charge < -0.3 is 14.2 Å². The number of rotatable bonds is 6. The summed E-state index contributed by atoms with van der Waals surface area (Å²) in [6, 6.07) is 33.8. The van der Waals surface area contributed by atoms with E-state index in [0.29, 0.717) is 5.69 Å². The highest BCUT2D eigenvalue weighted by Crippen LogP contribution is 2.71. The number of carbonyl (C=O) groups is 1. The van der Waals surface area contributed by atoms with Crippen LogP contribution in [0.1, 0.15) is 42.3 Å². The smallest absolute Gasteiger partial charge is 0.264 e. The third-order valence-corrected chi connectivity index (χ3v) is 13.7. The van der Waals surface area contributed by atoms with Gasteiger partial charge in [-0.15, -0.1) is 0 Å². The molecule has 1 aliphatic rings. The lowest BCUT2D eigenvalue weighted by molar-refractivity contribution is 0.0891. The number of benzene rings is 4. The number of hydrogen-bond acceptors (Lipinski definition) is 7. The van der Waals surface area contributed by atoms with Crippen LogP contribution in [0.3, 0.4) is 0 Å². The van der Waals surface area contributed by atoms with Crippen LogP contribution in [0.5, 0.6) is 5.88 Å². The minimum absolute atomic E-state index is 0.0601. The van der Waals surface area contributed by atoms with Crippen molar-refractivity contribution >= 4 is 32.2 Å². The summed E-state index contributed by atoms with van der Waals surface area (Å²) >= 11 is 0. The summed E-state index contributed by atoms with van der Waals surface area (Å²) in [6.45, 7) is 10.6. The molecule has 11 heteroatoms. The van der Waals surface area contributed by atoms with Crippen molar-refractivity contribution in [3.63, 3.8) is 0 Å². The summed E-state index contributed by atoms with van der Waals surface area (Å²) < 4.78 is 42.9. The molecule has 4 bridgehead atoms. The molecule has 9 nitrogen and oxygen atoms in total. The van der Waals surface area contributed by atoms with Crippen LogP contribution in [0.15, 0.2) is 124 Å². The molecule has 0 spiro atoms. The van der Waals surface area contributed by atoms with Gasteiger partial charge >= 0.3 is 0 Å². The Morgan fingerprint density at radius 3 is 2.06 bits per heavy atom. The third-order valence-electron chi connectivity index (χ3n) is 8.29. The Bertz CT molecular complexity index is 2030. The second-order valence-electron chi connectivity index (χ2n) is 12.8. The van der Waals surface area contributed by atoms with Crippen molar-refractivity contribution in [1.82, 2.24) is 15.3 Å². The zero-order valence-electron chi connectivity index (χ0n) is 28.1. The van der Waals surface area contributed by atoms with Crippen LogP contribution in [0.25, 0.3) is 11.3 Å². The molecule has 0 fully saturated rings. The van der Waals surface area contributed by atoms with Gasteiger partial charge in [0.2, 0.25) is 11.8 Å². The molecule has 2 N–H and O–H groups in total. The number of fused-ring (bicyclic) bond motifs is 4. The number of nitrogens with zero attached hydrogens (tertiary/aromatic N) is 2. The first kappa shape index (κ1) is 34.2. The second-order valence-corrected chi connectivity index (χ2v) is 18.0. The van der Waals surface area contributed by atoms with Gasteiger partial charge in [-0.2, -0.15) is 4.98 Å². The zero-order chi connectivity index (χ0) is 34.8. The zero-order valence-corrected chi connectivity index (χ0v) is 29.8. The summed E-state index contributed by atoms with van der Waals surface area (Å²) in [7, 11) is -6.30. The number of sulfonamides is 1. The lowest BCUT2D eigenvalue weighted by Crippen LogP contribution is -2.40. The van der Waals surface area contributed by atoms with E-state index in [-0.39, 0.29) is 40.2 Å². The fraction of sp³-hybridized carbons (Fsp3) is 0.237. The van der Waals surface area contributed by atoms with E-state index in [9.17, 15) is 13.2 Å². The Morgan fingerprint density at radius 2 is 1.45 bits per heavy atom. The van der Waals surface area contributed by atoms with Crippen molar-refractivity contribution in [3.8, 4) is 17.1 Å². The van der Waals surface area contributed by atoms with Crippen LogP contribution in [0.4, 0.5) is 5.95 Å². The topological polar surface area (TPSA) is 120 Å². The number of amides is 1. The molecular weight excluding hydrogens is 657 g/mol. The quantitative estimate of drug-likeness (QED) is 0.187. The average Bonchev–Trinajstić information content (AvgIpc) is 3.07. The van der Waals surface area contributed by atoms with Gasteiger partial charge in [0.05, 0.1) is 23.7 Å². The standard InChI is InChI=1S/C38H40N4O5S2/c1-26-14-12-15-27(2)35(26)33-23-34-41-37(40-33)42-49(44,45)32-21-13-16-28(22-32)36(43)39-24-29(47-34)25-46-48(38(3,4)5,30-17-8-6-9-18-30)31-19-10-7-11-20-31/h6-23,29H,24-25H2,1-5H3,(H,39,43)(H,40,41,42)/t29-/m1/s1. The first-order chi connectivity index (χ1) is 23.4. The Hall–Kier alpha value is -4.71. The fourth-order valence-corrected chi connectivity index (χ4v) is 10.8. The van der Waals surface area contributed by atoms with Crippen LogP contribution < -0.4 is 14.8 Å². The Kier molecular flexibility index (Phi) is 9.52. The molecule has 0 saturated heterocycles. The van der Waals surface area contributed by atoms with Gasteiger partial charge in [0, 0.05) is 31.7 Å². The SMILES string of the molecule is Cc1cccc(C)c1-c1cc2nc(n1)NS(=O)(=O)c1cccc(c1)C(=O)NC[C@H](COS(c1ccccc1)(c1ccccc1)C(C)(C)C)O2. The molecule has 1 atom stereocenters. The fourth-order valence-electron chi connectivity index (χ4n) is 6.03. The number of hydrogen-bond donors (Lipinski definition) is 2. The van der Waals surface area contributed by atoms with E-state index in [2.05, 4.69) is 65.0 Å². The molecular formula is C38H40N4O5S2. The van der Waals surface area contributed by atoms with Gasteiger partial charge in [0.1, 0.15) is 6.10 Å². The molecule has 4 aromatic carbocycles. The first-order valence-corrected chi connectivity index (χ1v) is 19.0. The van der Waals surface area contributed by atoms with Gasteiger partial charge in [-0.1, -0.05) is 71.0 Å². The third kappa shape index (κ3) is 7.05. The van der Waals surface area contributed by atoms with Crippen LogP contribution in [0.2, 0.25) is 0 Å². The lowest BCUT2D eigenvalue weighted by atomic mass is 10.00. The van der Waals surface area contributed by atoms with E-state index in [1.807, 2.05) is 68.4 Å². The summed E-state index contributed by atoms with van der Waals surface area (Å²) in [6.07, 6.45) is -0.722. The van der Waals surface area contributed by atoms with E-state index in [1.165, 1.54) is 18.2 Å². The molecule has 0 aliphatic carbocycles. The molecule has 1 amide bonds. The van der Waals surface area contributed by atoms with Crippen LogP contribution in [-0.2, 0) is 14.2 Å². The average molecular weight is 697 g/mol. The molecule has 0 radical (unpaired) electrons. The predicted molar refractivity (Wildman–Crippen MR) is 194 cm³/mol. The maximum atomic E-state index is 13.5. The van der Waals surface area contributed by atoms with Crippen LogP contribution in [0, 0.1) is 13.8 Å². The van der Waals surface area contributed by atoms with Crippen molar-refractivity contribution in [1.29, 1.82) is 0 Å². The molecule has 1 aliphatic heterocycles. The number of nitrogens with one attached hydrogen (secondary N) is 2. The number of aromatic nitrogens is 2. The van der Waals surface area contributed by atoms with E-state index in [4.69, 9.17) is 8.92 Å². The van der Waals surface area contributed by atoms with E-state index in [0.717, 1.165) is 26.5 Å². The van der Waals surface area contributed by atoms with Crippen LogP contribution >= 0.6 is 10.3 Å². The number of aryl methyl sites for hydroxylation is 2. The molecule has 2 heterocycles. The van der Waals surface area contributed by atoms with Crippen molar-refractivity contribution in [2.75, 3.05) is 17.9 Å².